The number of fused-ring (bicyclic) bond motifs is 1. The Kier molecular flexibility index (Phi) is 4.73. The average Bonchev–Trinajstić information content (AvgIpc) is 2.86. The number of halogens is 3. The molecular formula is C15H12Cl2FN5O2. The lowest BCUT2D eigenvalue weighted by Crippen LogP contribution is -2.34. The Hall–Kier alpha value is -2.45. The maximum absolute atomic E-state index is 13.5. The topological polar surface area (TPSA) is 81.3 Å². The van der Waals surface area contributed by atoms with Gasteiger partial charge in [-0.25, -0.2) is 23.3 Å². The molecule has 0 saturated carbocycles. The molecular weight excluding hydrogens is 372 g/mol. The van der Waals surface area contributed by atoms with Crippen molar-refractivity contribution >= 4 is 34.9 Å². The minimum atomic E-state index is -0.570. The van der Waals surface area contributed by atoms with Crippen LogP contribution in [0.5, 0.6) is 0 Å². The Labute approximate surface area is 151 Å². The molecule has 25 heavy (non-hydrogen) atoms. The minimum Gasteiger partial charge on any atom is -0.348 e. The molecule has 0 saturated heterocycles. The van der Waals surface area contributed by atoms with Gasteiger partial charge in [-0.05, 0) is 24.6 Å². The summed E-state index contributed by atoms with van der Waals surface area (Å²) in [4.78, 5) is 28.2. The Bertz CT molecular complexity index is 1020. The summed E-state index contributed by atoms with van der Waals surface area (Å²) in [6, 6.07) is 3.80. The van der Waals surface area contributed by atoms with E-state index >= 15 is 0 Å². The number of hydrogen-bond donors (Lipinski definition) is 1. The van der Waals surface area contributed by atoms with Gasteiger partial charge in [-0.15, -0.1) is 5.10 Å². The molecule has 130 valence electrons. The van der Waals surface area contributed by atoms with Gasteiger partial charge in [-0.1, -0.05) is 29.3 Å². The number of carbonyl (C=O) groups excluding carboxylic acids is 1. The van der Waals surface area contributed by atoms with Crippen molar-refractivity contribution in [1.29, 1.82) is 0 Å². The Balaban J connectivity index is 1.75. The summed E-state index contributed by atoms with van der Waals surface area (Å²) in [5.74, 6) is -0.894. The average molecular weight is 384 g/mol. The summed E-state index contributed by atoms with van der Waals surface area (Å²) in [7, 11) is 0. The van der Waals surface area contributed by atoms with Crippen LogP contribution in [0.1, 0.15) is 18.5 Å². The van der Waals surface area contributed by atoms with Crippen LogP contribution in [0.4, 0.5) is 4.39 Å². The molecule has 0 aliphatic carbocycles. The lowest BCUT2D eigenvalue weighted by molar-refractivity contribution is -0.122. The molecule has 0 fully saturated rings. The lowest BCUT2D eigenvalue weighted by Gasteiger charge is -2.14. The van der Waals surface area contributed by atoms with Crippen molar-refractivity contribution < 1.29 is 9.18 Å². The van der Waals surface area contributed by atoms with Crippen molar-refractivity contribution in [2.75, 3.05) is 0 Å². The molecule has 0 unspecified atom stereocenters. The summed E-state index contributed by atoms with van der Waals surface area (Å²) < 4.78 is 15.6. The molecule has 2 aromatic heterocycles. The summed E-state index contributed by atoms with van der Waals surface area (Å²) in [5, 5.41) is 6.91. The molecule has 3 aromatic rings. The fraction of sp³-hybridized carbons (Fsp3) is 0.200. The van der Waals surface area contributed by atoms with Crippen LogP contribution in [-0.2, 0) is 11.3 Å². The van der Waals surface area contributed by atoms with Crippen molar-refractivity contribution in [2.45, 2.75) is 19.5 Å². The SMILES string of the molecule is C[C@H](NC(=O)Cn1nc2ncc(Cl)cn2c1=O)c1ccc(Cl)c(F)c1. The third-order valence-electron chi connectivity index (χ3n) is 3.52. The van der Waals surface area contributed by atoms with Gasteiger partial charge in [-0.3, -0.25) is 4.79 Å². The Morgan fingerprint density at radius 2 is 2.16 bits per heavy atom. The quantitative estimate of drug-likeness (QED) is 0.748. The van der Waals surface area contributed by atoms with Crippen LogP contribution in [0.15, 0.2) is 35.4 Å². The van der Waals surface area contributed by atoms with Crippen LogP contribution in [-0.4, -0.2) is 25.1 Å². The molecule has 10 heteroatoms. The van der Waals surface area contributed by atoms with Gasteiger partial charge >= 0.3 is 5.69 Å². The second kappa shape index (κ2) is 6.81. The highest BCUT2D eigenvalue weighted by molar-refractivity contribution is 6.30. The molecule has 1 aromatic carbocycles. The van der Waals surface area contributed by atoms with Gasteiger partial charge in [0.05, 0.1) is 22.3 Å². The zero-order chi connectivity index (χ0) is 18.1. The van der Waals surface area contributed by atoms with Gasteiger partial charge in [0.25, 0.3) is 5.78 Å². The van der Waals surface area contributed by atoms with E-state index in [0.29, 0.717) is 5.56 Å². The smallest absolute Gasteiger partial charge is 0.348 e. The highest BCUT2D eigenvalue weighted by atomic mass is 35.5. The fourth-order valence-electron chi connectivity index (χ4n) is 2.28. The van der Waals surface area contributed by atoms with Crippen molar-refractivity contribution in [3.8, 4) is 0 Å². The minimum absolute atomic E-state index is 0.00434. The van der Waals surface area contributed by atoms with Gasteiger partial charge in [0.15, 0.2) is 0 Å². The molecule has 1 amide bonds. The lowest BCUT2D eigenvalue weighted by atomic mass is 10.1. The Morgan fingerprint density at radius 3 is 2.88 bits per heavy atom. The first-order valence-corrected chi connectivity index (χ1v) is 7.96. The standard InChI is InChI=1S/C15H12Cl2FN5O2/c1-8(9-2-3-11(17)12(18)4-9)20-13(24)7-23-15(25)22-6-10(16)5-19-14(22)21-23/h2-6,8H,7H2,1H3,(H,20,24)/t8-/m0/s1. The van der Waals surface area contributed by atoms with E-state index in [4.69, 9.17) is 23.2 Å². The van der Waals surface area contributed by atoms with Crippen LogP contribution in [0.3, 0.4) is 0 Å². The van der Waals surface area contributed by atoms with Crippen molar-refractivity contribution in [3.63, 3.8) is 0 Å². The molecule has 7 nitrogen and oxygen atoms in total. The van der Waals surface area contributed by atoms with E-state index < -0.39 is 23.5 Å². The molecule has 0 radical (unpaired) electrons. The number of carbonyl (C=O) groups is 1. The monoisotopic (exact) mass is 383 g/mol. The van der Waals surface area contributed by atoms with Gasteiger partial charge < -0.3 is 5.32 Å². The van der Waals surface area contributed by atoms with Crippen LogP contribution < -0.4 is 11.0 Å². The van der Waals surface area contributed by atoms with Crippen molar-refractivity contribution in [3.05, 3.63) is 62.5 Å². The summed E-state index contributed by atoms with van der Waals surface area (Å²) >= 11 is 11.4. The van der Waals surface area contributed by atoms with E-state index in [2.05, 4.69) is 15.4 Å². The van der Waals surface area contributed by atoms with E-state index in [0.717, 1.165) is 9.08 Å². The van der Waals surface area contributed by atoms with Gasteiger partial charge in [0, 0.05) is 6.20 Å². The van der Waals surface area contributed by atoms with Crippen molar-refractivity contribution in [2.24, 2.45) is 0 Å². The van der Waals surface area contributed by atoms with E-state index in [9.17, 15) is 14.0 Å². The van der Waals surface area contributed by atoms with Crippen LogP contribution >= 0.6 is 23.2 Å². The highest BCUT2D eigenvalue weighted by Crippen LogP contribution is 2.20. The van der Waals surface area contributed by atoms with Crippen LogP contribution in [0.25, 0.3) is 5.78 Å². The number of hydrogen-bond acceptors (Lipinski definition) is 4. The second-order valence-corrected chi connectivity index (χ2v) is 6.19. The number of nitrogens with one attached hydrogen (secondary N) is 1. The number of benzene rings is 1. The normalized spacial score (nSPS) is 12.3. The molecule has 1 atom stereocenters. The number of nitrogens with zero attached hydrogens (tertiary/aromatic N) is 4. The first kappa shape index (κ1) is 17.4. The molecule has 0 aliphatic rings. The van der Waals surface area contributed by atoms with Gasteiger partial charge in [-0.2, -0.15) is 0 Å². The van der Waals surface area contributed by atoms with Crippen molar-refractivity contribution in [1.82, 2.24) is 24.5 Å². The summed E-state index contributed by atoms with van der Waals surface area (Å²) in [5.41, 5.74) is 0.0105. The zero-order valence-corrected chi connectivity index (χ0v) is 14.4. The molecule has 0 aliphatic heterocycles. The highest BCUT2D eigenvalue weighted by Gasteiger charge is 2.15. The van der Waals surface area contributed by atoms with Gasteiger partial charge in [0.2, 0.25) is 5.91 Å². The van der Waals surface area contributed by atoms with Gasteiger partial charge in [0.1, 0.15) is 12.4 Å². The summed E-state index contributed by atoms with van der Waals surface area (Å²) in [6.07, 6.45) is 2.72. The van der Waals surface area contributed by atoms with E-state index in [-0.39, 0.29) is 22.4 Å². The Morgan fingerprint density at radius 1 is 1.40 bits per heavy atom. The third-order valence-corrected chi connectivity index (χ3v) is 4.02. The first-order chi connectivity index (χ1) is 11.8. The molecule has 0 bridgehead atoms. The van der Waals surface area contributed by atoms with E-state index in [1.54, 1.807) is 13.0 Å². The fourth-order valence-corrected chi connectivity index (χ4v) is 2.54. The molecule has 0 spiro atoms. The van der Waals surface area contributed by atoms with E-state index in [1.807, 2.05) is 0 Å². The predicted molar refractivity (Wildman–Crippen MR) is 90.2 cm³/mol. The maximum Gasteiger partial charge on any atom is 0.352 e. The van der Waals surface area contributed by atoms with Crippen LogP contribution in [0, 0.1) is 5.82 Å². The predicted octanol–water partition coefficient (Wildman–Crippen LogP) is 2.21. The molecule has 1 N–H and O–H groups in total. The maximum atomic E-state index is 13.5. The molecule has 2 heterocycles. The second-order valence-electron chi connectivity index (χ2n) is 5.35. The van der Waals surface area contributed by atoms with Crippen LogP contribution in [0.2, 0.25) is 10.0 Å². The largest absolute Gasteiger partial charge is 0.352 e. The number of rotatable bonds is 4. The van der Waals surface area contributed by atoms with E-state index in [1.165, 1.54) is 24.5 Å². The summed E-state index contributed by atoms with van der Waals surface area (Å²) in [6.45, 7) is 1.38. The molecule has 3 rings (SSSR count). The zero-order valence-electron chi connectivity index (χ0n) is 12.9. The number of amides is 1. The number of aromatic nitrogens is 4. The third kappa shape index (κ3) is 3.64. The first-order valence-electron chi connectivity index (χ1n) is 7.20.